The van der Waals surface area contributed by atoms with E-state index in [1.807, 2.05) is 0 Å². The molecular formula is C75H114F2N6O33S. The number of aromatic nitrogens is 6. The molecule has 117 heavy (non-hydrogen) atoms. The van der Waals surface area contributed by atoms with Gasteiger partial charge in [0.25, 0.3) is 26.8 Å². The highest BCUT2D eigenvalue weighted by atomic mass is 32.2. The first-order chi connectivity index (χ1) is 52.8. The second-order valence-corrected chi connectivity index (χ2v) is 34.1. The number of aliphatic hydroxyl groups is 3. The molecule has 0 amide bonds. The predicted octanol–water partition coefficient (Wildman–Crippen LogP) is 7.47. The minimum Gasteiger partial charge on any atom is -0.431 e. The molecule has 4 aromatic rings. The van der Waals surface area contributed by atoms with Crippen molar-refractivity contribution in [3.63, 3.8) is 0 Å². The molecule has 0 spiro atoms. The van der Waals surface area contributed by atoms with Crippen molar-refractivity contribution < 1.29 is 137 Å². The molecule has 12 atom stereocenters. The Balaban J connectivity index is 0.000000486. The molecule has 3 saturated heterocycles. The fourth-order valence-electron chi connectivity index (χ4n) is 10.8. The van der Waals surface area contributed by atoms with Crippen molar-refractivity contribution in [2.45, 2.75) is 299 Å². The summed E-state index contributed by atoms with van der Waals surface area (Å²) in [5.41, 5.74) is -9.79. The van der Waals surface area contributed by atoms with Crippen LogP contribution in [-0.4, -0.2) is 216 Å². The van der Waals surface area contributed by atoms with Crippen LogP contribution in [0.15, 0.2) is 76.5 Å². The zero-order valence-corrected chi connectivity index (χ0v) is 69.1. The first-order valence-corrected chi connectivity index (χ1v) is 37.5. The molecule has 0 unspecified atom stereocenters. The molecule has 3 aliphatic heterocycles. The number of nitrogens with zero attached hydrogens (tertiary/aromatic N) is 6. The van der Waals surface area contributed by atoms with Crippen LogP contribution in [0, 0.1) is 27.7 Å². The monoisotopic (exact) mass is 1690 g/mol. The molecule has 3 N–H and O–H groups in total. The molecule has 42 heteroatoms. The van der Waals surface area contributed by atoms with E-state index < -0.39 is 247 Å². The number of rotatable bonds is 21. The van der Waals surface area contributed by atoms with E-state index in [0.29, 0.717) is 13.7 Å². The van der Waals surface area contributed by atoms with Crippen molar-refractivity contribution >= 4 is 47.1 Å². The van der Waals surface area contributed by atoms with Crippen LogP contribution in [0.5, 0.6) is 0 Å². The lowest BCUT2D eigenvalue weighted by atomic mass is 10.1. The third kappa shape index (κ3) is 29.8. The predicted molar refractivity (Wildman–Crippen MR) is 408 cm³/mol. The smallest absolute Gasteiger partial charge is 0.431 e. The zero-order chi connectivity index (χ0) is 87.3. The van der Waals surface area contributed by atoms with E-state index in [9.17, 15) is 84.9 Å². The Morgan fingerprint density at radius 2 is 0.701 bits per heavy atom. The number of alkyl halides is 2. The van der Waals surface area contributed by atoms with Crippen LogP contribution in [0.25, 0.3) is 0 Å². The standard InChI is InChI=1S/C34H48N2O15S.C27H41FN2O12.C12H17FN2O6.2CH4/c1-20-12-14-22(15-13-20)52(42,43)45-17-16-35-26(37)21(2)18-36(28(35)38)27-25(48-31(41)51-34(9,10)11)24(47-30(40)50-33(6,7)8)23(46-27)19-44-29(39)49-32(3,4)5;1-15-13-30(21(32)29(12-11-28)19(15)31)20-18(39-24(35)42-27(8,9)10)17(38-23(34)41-26(5,6)7)16(37-20)14-36-22(33)40-25(2,3)4;1-6-4-15(12(20)14(3-2-13)10(6)19)11-9(18)8(17)7(5-16)21-11;;/h12-15,18,23-25,27H,16-17,19H2,1-11H3;13,16-18,20H,11-12,14H2,1-10H3;4,7-9,11,16-18H,2-3,5H2,1H3;2*1H4/t23-,24-,25-,27-;16-,17-,18-,20-;7-,8-,9-,11-;;/m111../s1/i;28-1;13-1;;. The largest absolute Gasteiger partial charge is 0.509 e. The lowest BCUT2D eigenvalue weighted by molar-refractivity contribution is -0.0883. The summed E-state index contributed by atoms with van der Waals surface area (Å²) in [5.74, 6) is 0. The Labute approximate surface area is 674 Å². The number of benzene rings is 1. The highest BCUT2D eigenvalue weighted by Crippen LogP contribution is 2.38. The number of halogens is 2. The Morgan fingerprint density at radius 3 is 0.991 bits per heavy atom. The molecule has 0 bridgehead atoms. The van der Waals surface area contributed by atoms with Crippen LogP contribution in [0.2, 0.25) is 0 Å². The summed E-state index contributed by atoms with van der Waals surface area (Å²) >= 11 is 0. The molecule has 3 aromatic heterocycles. The number of carbonyl (C=O) groups is 6. The third-order valence-electron chi connectivity index (χ3n) is 15.5. The lowest BCUT2D eigenvalue weighted by Gasteiger charge is -2.28. The molecule has 7 rings (SSSR count). The Kier molecular flexibility index (Phi) is 35.8. The second-order valence-electron chi connectivity index (χ2n) is 32.4. The maximum absolute atomic E-state index is 13.9. The first kappa shape index (κ1) is 102. The van der Waals surface area contributed by atoms with Gasteiger partial charge in [-0.05, 0) is 164 Å². The summed E-state index contributed by atoms with van der Waals surface area (Å²) in [7, 11) is -4.24. The summed E-state index contributed by atoms with van der Waals surface area (Å²) in [6, 6.07) is 5.89. The molecule has 3 fully saturated rings. The number of carbonyl (C=O) groups excluding carboxylic acids is 6. The van der Waals surface area contributed by atoms with Crippen LogP contribution >= 0.6 is 0 Å². The Morgan fingerprint density at radius 1 is 0.419 bits per heavy atom. The van der Waals surface area contributed by atoms with Crippen molar-refractivity contribution in [3.05, 3.63) is 128 Å². The van der Waals surface area contributed by atoms with Crippen LogP contribution in [0.1, 0.15) is 180 Å². The average Bonchev–Trinajstić information content (AvgIpc) is 1.77. The molecule has 662 valence electrons. The average molecular weight is 1700 g/mol. The van der Waals surface area contributed by atoms with Gasteiger partial charge >= 0.3 is 54.0 Å². The molecule has 3 aliphatic rings. The van der Waals surface area contributed by atoms with Gasteiger partial charge in [0, 0.05) is 35.3 Å². The summed E-state index contributed by atoms with van der Waals surface area (Å²) in [5, 5.41) is 28.6. The topological polar surface area (TPSA) is 477 Å². The quantitative estimate of drug-likeness (QED) is 0.0413. The van der Waals surface area contributed by atoms with Gasteiger partial charge in [-0.2, -0.15) is 8.42 Å². The van der Waals surface area contributed by atoms with Crippen molar-refractivity contribution in [2.75, 3.05) is 39.8 Å². The molecule has 0 radical (unpaired) electrons. The third-order valence-corrected chi connectivity index (χ3v) is 16.8. The maximum Gasteiger partial charge on any atom is 0.509 e. The van der Waals surface area contributed by atoms with Gasteiger partial charge in [-0.1, -0.05) is 32.5 Å². The Hall–Kier alpha value is -9.59. The van der Waals surface area contributed by atoms with Crippen molar-refractivity contribution in [3.8, 4) is 0 Å². The van der Waals surface area contributed by atoms with Gasteiger partial charge < -0.3 is 86.4 Å². The molecule has 0 aliphatic carbocycles. The van der Waals surface area contributed by atoms with E-state index in [1.54, 1.807) is 144 Å². The maximum atomic E-state index is 13.9. The summed E-state index contributed by atoms with van der Waals surface area (Å²) in [4.78, 5) is 153. The minimum atomic E-state index is -4.24. The number of hydrogen-bond acceptors (Lipinski definition) is 33. The van der Waals surface area contributed by atoms with Gasteiger partial charge in [-0.15, -0.1) is 0 Å². The van der Waals surface area contributed by atoms with Crippen molar-refractivity contribution in [2.24, 2.45) is 0 Å². The van der Waals surface area contributed by atoms with Gasteiger partial charge in [-0.25, -0.2) is 51.9 Å². The fraction of sp³-hybridized carbons (Fsp3) is 0.680. The van der Waals surface area contributed by atoms with Gasteiger partial charge in [0.15, 0.2) is 43.1 Å². The van der Waals surface area contributed by atoms with E-state index in [1.165, 1.54) is 39.1 Å². The van der Waals surface area contributed by atoms with Gasteiger partial charge in [-0.3, -0.25) is 46.0 Å². The van der Waals surface area contributed by atoms with E-state index in [2.05, 4.69) is 0 Å². The van der Waals surface area contributed by atoms with E-state index in [-0.39, 0.29) is 36.4 Å². The lowest BCUT2D eigenvalue weighted by Crippen LogP contribution is -2.47. The normalized spacial score (nSPS) is 21.4. The van der Waals surface area contributed by atoms with Crippen molar-refractivity contribution in [1.29, 1.82) is 0 Å². The summed E-state index contributed by atoms with van der Waals surface area (Å²) < 4.78 is 143. The van der Waals surface area contributed by atoms with Crippen LogP contribution in [0.3, 0.4) is 0 Å². The Bertz CT molecular complexity index is 4570. The first-order valence-electron chi connectivity index (χ1n) is 36.1. The number of aryl methyl sites for hydroxylation is 4. The zero-order valence-electron chi connectivity index (χ0n) is 68.3. The van der Waals surface area contributed by atoms with Crippen LogP contribution < -0.4 is 33.7 Å². The molecule has 1 aromatic carbocycles. The van der Waals surface area contributed by atoms with Gasteiger partial charge in [0.1, 0.15) is 90.7 Å². The second kappa shape index (κ2) is 41.2. The molecule has 0 saturated carbocycles. The molecule has 39 nitrogen and oxygen atoms in total. The van der Waals surface area contributed by atoms with E-state index in [4.69, 9.17) is 80.3 Å². The molecule has 6 heterocycles. The van der Waals surface area contributed by atoms with Gasteiger partial charge in [0.05, 0.1) is 37.7 Å². The van der Waals surface area contributed by atoms with Crippen molar-refractivity contribution in [1.82, 2.24) is 27.4 Å². The SMILES string of the molecule is C.C.Cc1ccc(S(=O)(=O)OCCn2c(=O)c(C)cn([C@@H]3O[C@H](COC(=O)OC(C)(C)C)[C@@H](OC(=O)OC(C)(C)C)[C@H]3OC(=O)OC(C)(C)C)c2=O)cc1.Cc1cn([C@@H]2O[C@H](CO)[C@@H](O)[C@H]2O)c(=O)n(CC[18F])c1=O.Cc1cn([C@@H]2O[C@H](COC(=O)OC(C)(C)C)[C@@H](OC(=O)OC(C)(C)C)[C@H]2OC(=O)OC(C)(C)C)c(=O)n(CC[18F])c1=O. The number of aliphatic hydroxyl groups excluding tert-OH is 3. The van der Waals surface area contributed by atoms with Crippen LogP contribution in [-0.2, 0) is 105 Å². The fourth-order valence-corrected chi connectivity index (χ4v) is 11.7. The highest BCUT2D eigenvalue weighted by Gasteiger charge is 2.55. The van der Waals surface area contributed by atoms with E-state index in [0.717, 1.165) is 31.7 Å². The van der Waals surface area contributed by atoms with E-state index >= 15 is 0 Å². The summed E-state index contributed by atoms with van der Waals surface area (Å²) in [6.45, 7) is 29.0. The number of hydrogen-bond donors (Lipinski definition) is 3. The molecular weight excluding hydrogens is 1580 g/mol. The minimum absolute atomic E-state index is 0. The van der Waals surface area contributed by atoms with Gasteiger partial charge in [0.2, 0.25) is 0 Å². The van der Waals surface area contributed by atoms with Crippen LogP contribution in [0.4, 0.5) is 37.5 Å². The number of ether oxygens (including phenoxy) is 15. The highest BCUT2D eigenvalue weighted by molar-refractivity contribution is 7.86. The summed E-state index contributed by atoms with van der Waals surface area (Å²) in [6.07, 6.45) is -20.9.